The van der Waals surface area contributed by atoms with Crippen LogP contribution in [0, 0.1) is 0 Å². The quantitative estimate of drug-likeness (QED) is 0.601. The highest BCUT2D eigenvalue weighted by Gasteiger charge is 2.14. The fourth-order valence-corrected chi connectivity index (χ4v) is 1.17. The average molecular weight is 230 g/mol. The lowest BCUT2D eigenvalue weighted by atomic mass is 10.2. The van der Waals surface area contributed by atoms with Gasteiger partial charge in [0.2, 0.25) is 0 Å². The highest BCUT2D eigenvalue weighted by Crippen LogP contribution is 2.07. The molecule has 4 heteroatoms. The first-order valence-corrected chi connectivity index (χ1v) is 5.99. The van der Waals surface area contributed by atoms with Crippen LogP contribution in [-0.4, -0.2) is 24.6 Å². The molecule has 0 fully saturated rings. The predicted octanol–water partition coefficient (Wildman–Crippen LogP) is 2.45. The van der Waals surface area contributed by atoms with E-state index >= 15 is 0 Å². The van der Waals surface area contributed by atoms with Gasteiger partial charge in [0.15, 0.2) is 0 Å². The molecule has 0 bridgehead atoms. The van der Waals surface area contributed by atoms with Crippen LogP contribution in [0.3, 0.4) is 0 Å². The van der Waals surface area contributed by atoms with Gasteiger partial charge < -0.3 is 9.47 Å². The Bertz CT molecular complexity index is 213. The second kappa shape index (κ2) is 9.19. The van der Waals surface area contributed by atoms with Gasteiger partial charge in [-0.2, -0.15) is 0 Å². The molecule has 0 radical (unpaired) electrons. The number of carbonyl (C=O) groups excluding carboxylic acids is 2. The average Bonchev–Trinajstić information content (AvgIpc) is 2.31. The maximum Gasteiger partial charge on any atom is 0.305 e. The monoisotopic (exact) mass is 230 g/mol. The molecule has 16 heavy (non-hydrogen) atoms. The zero-order valence-electron chi connectivity index (χ0n) is 10.5. The third kappa shape index (κ3) is 7.26. The molecule has 1 atom stereocenters. The Hall–Kier alpha value is -1.06. The molecule has 0 heterocycles. The van der Waals surface area contributed by atoms with Crippen molar-refractivity contribution in [3.05, 3.63) is 0 Å². The Labute approximate surface area is 97.3 Å². The van der Waals surface area contributed by atoms with Crippen molar-refractivity contribution in [1.82, 2.24) is 0 Å². The number of rotatable bonds is 8. The van der Waals surface area contributed by atoms with Crippen LogP contribution in [0.4, 0.5) is 0 Å². The van der Waals surface area contributed by atoms with Crippen LogP contribution in [0.5, 0.6) is 0 Å². The Morgan fingerprint density at radius 1 is 1.06 bits per heavy atom. The second-order valence-electron chi connectivity index (χ2n) is 3.64. The molecular formula is C12H22O4. The molecule has 0 aliphatic heterocycles. The fraction of sp³-hybridized carbons (Fsp3) is 0.833. The predicted molar refractivity (Wildman–Crippen MR) is 60.9 cm³/mol. The summed E-state index contributed by atoms with van der Waals surface area (Å²) in [7, 11) is 0. The first-order valence-electron chi connectivity index (χ1n) is 5.99. The molecule has 0 saturated carbocycles. The molecule has 0 amide bonds. The van der Waals surface area contributed by atoms with Crippen LogP contribution in [-0.2, 0) is 19.1 Å². The molecular weight excluding hydrogens is 208 g/mol. The van der Waals surface area contributed by atoms with Gasteiger partial charge in [-0.05, 0) is 12.8 Å². The molecule has 0 aliphatic rings. The van der Waals surface area contributed by atoms with E-state index in [1.54, 1.807) is 13.8 Å². The third-order valence-corrected chi connectivity index (χ3v) is 2.19. The van der Waals surface area contributed by atoms with Crippen molar-refractivity contribution in [3.63, 3.8) is 0 Å². The highest BCUT2D eigenvalue weighted by atomic mass is 16.6. The van der Waals surface area contributed by atoms with Crippen molar-refractivity contribution in [2.24, 2.45) is 0 Å². The summed E-state index contributed by atoms with van der Waals surface area (Å²) in [6.45, 7) is 5.73. The fourth-order valence-electron chi connectivity index (χ4n) is 1.17. The van der Waals surface area contributed by atoms with Gasteiger partial charge >= 0.3 is 11.9 Å². The van der Waals surface area contributed by atoms with Crippen LogP contribution < -0.4 is 0 Å². The largest absolute Gasteiger partial charge is 0.462 e. The SMILES string of the molecule is CCCC[C@@H](COC(=O)CC)OC(=O)CC. The standard InChI is InChI=1S/C12H22O4/c1-4-7-8-10(16-12(14)6-3)9-15-11(13)5-2/h10H,4-9H2,1-3H3/t10-/m0/s1. The number of unbranched alkanes of at least 4 members (excludes halogenated alkanes) is 1. The van der Waals surface area contributed by atoms with E-state index in [-0.39, 0.29) is 24.6 Å². The minimum Gasteiger partial charge on any atom is -0.462 e. The summed E-state index contributed by atoms with van der Waals surface area (Å²) in [5.74, 6) is -0.498. The van der Waals surface area contributed by atoms with Crippen LogP contribution in [0.2, 0.25) is 0 Å². The smallest absolute Gasteiger partial charge is 0.305 e. The van der Waals surface area contributed by atoms with E-state index in [2.05, 4.69) is 6.92 Å². The van der Waals surface area contributed by atoms with E-state index in [1.165, 1.54) is 0 Å². The van der Waals surface area contributed by atoms with E-state index < -0.39 is 0 Å². The Morgan fingerprint density at radius 2 is 1.69 bits per heavy atom. The molecule has 0 aromatic carbocycles. The maximum absolute atomic E-state index is 11.1. The number of ether oxygens (including phenoxy) is 2. The summed E-state index contributed by atoms with van der Waals surface area (Å²) in [5.41, 5.74) is 0. The number of carbonyl (C=O) groups is 2. The van der Waals surface area contributed by atoms with Crippen LogP contribution in [0.1, 0.15) is 52.9 Å². The van der Waals surface area contributed by atoms with E-state index in [4.69, 9.17) is 9.47 Å². The molecule has 0 saturated heterocycles. The molecule has 0 N–H and O–H groups in total. The molecule has 0 aliphatic carbocycles. The first-order chi connectivity index (χ1) is 7.63. The summed E-state index contributed by atoms with van der Waals surface area (Å²) in [4.78, 5) is 22.1. The van der Waals surface area contributed by atoms with E-state index in [0.717, 1.165) is 19.3 Å². The topological polar surface area (TPSA) is 52.6 Å². The van der Waals surface area contributed by atoms with Crippen molar-refractivity contribution in [2.75, 3.05) is 6.61 Å². The molecule has 0 aromatic heterocycles. The lowest BCUT2D eigenvalue weighted by Crippen LogP contribution is -2.24. The molecule has 0 aromatic rings. The normalized spacial score (nSPS) is 11.9. The van der Waals surface area contributed by atoms with Crippen molar-refractivity contribution < 1.29 is 19.1 Å². The number of hydrogen-bond acceptors (Lipinski definition) is 4. The van der Waals surface area contributed by atoms with Gasteiger partial charge in [-0.3, -0.25) is 9.59 Å². The van der Waals surface area contributed by atoms with Crippen LogP contribution >= 0.6 is 0 Å². The van der Waals surface area contributed by atoms with Crippen molar-refractivity contribution in [3.8, 4) is 0 Å². The van der Waals surface area contributed by atoms with Crippen molar-refractivity contribution >= 4 is 11.9 Å². The van der Waals surface area contributed by atoms with Gasteiger partial charge in [0.05, 0.1) is 0 Å². The third-order valence-electron chi connectivity index (χ3n) is 2.19. The molecule has 4 nitrogen and oxygen atoms in total. The number of hydrogen-bond donors (Lipinski definition) is 0. The highest BCUT2D eigenvalue weighted by molar-refractivity contribution is 5.69. The summed E-state index contributed by atoms with van der Waals surface area (Å²) in [6, 6.07) is 0. The second-order valence-corrected chi connectivity index (χ2v) is 3.64. The molecule has 0 rings (SSSR count). The number of esters is 2. The van der Waals surface area contributed by atoms with Crippen LogP contribution in [0.25, 0.3) is 0 Å². The van der Waals surface area contributed by atoms with Crippen molar-refractivity contribution in [1.29, 1.82) is 0 Å². The summed E-state index contributed by atoms with van der Waals surface area (Å²) >= 11 is 0. The zero-order valence-corrected chi connectivity index (χ0v) is 10.5. The van der Waals surface area contributed by atoms with Gasteiger partial charge in [-0.1, -0.05) is 27.2 Å². The minimum absolute atomic E-state index is 0.179. The van der Waals surface area contributed by atoms with Gasteiger partial charge in [0.25, 0.3) is 0 Å². The molecule has 0 unspecified atom stereocenters. The van der Waals surface area contributed by atoms with Gasteiger partial charge in [0, 0.05) is 12.8 Å². The minimum atomic E-state index is -0.289. The molecule has 0 spiro atoms. The van der Waals surface area contributed by atoms with E-state index in [0.29, 0.717) is 12.8 Å². The zero-order chi connectivity index (χ0) is 12.4. The summed E-state index contributed by atoms with van der Waals surface area (Å²) < 4.78 is 10.2. The lowest BCUT2D eigenvalue weighted by molar-refractivity contribution is -0.159. The van der Waals surface area contributed by atoms with Crippen LogP contribution in [0.15, 0.2) is 0 Å². The Morgan fingerprint density at radius 3 is 2.19 bits per heavy atom. The first kappa shape index (κ1) is 14.9. The summed E-state index contributed by atoms with van der Waals surface area (Å²) in [5, 5.41) is 0. The van der Waals surface area contributed by atoms with E-state index in [9.17, 15) is 9.59 Å². The Kier molecular flexibility index (Phi) is 8.58. The van der Waals surface area contributed by atoms with Gasteiger partial charge in [0.1, 0.15) is 12.7 Å². The lowest BCUT2D eigenvalue weighted by Gasteiger charge is -2.17. The summed E-state index contributed by atoms with van der Waals surface area (Å²) in [6.07, 6.45) is 3.15. The maximum atomic E-state index is 11.1. The van der Waals surface area contributed by atoms with Gasteiger partial charge in [-0.25, -0.2) is 0 Å². The Balaban J connectivity index is 3.98. The van der Waals surface area contributed by atoms with E-state index in [1.807, 2.05) is 0 Å². The molecule has 94 valence electrons. The van der Waals surface area contributed by atoms with Gasteiger partial charge in [-0.15, -0.1) is 0 Å². The van der Waals surface area contributed by atoms with Crippen molar-refractivity contribution in [2.45, 2.75) is 59.0 Å².